The number of aliphatic hydroxyl groups is 1. The fourth-order valence-corrected chi connectivity index (χ4v) is 4.22. The van der Waals surface area contributed by atoms with Crippen molar-refractivity contribution >= 4 is 23.8 Å². The van der Waals surface area contributed by atoms with E-state index in [4.69, 9.17) is 5.11 Å². The van der Waals surface area contributed by atoms with Gasteiger partial charge in [-0.05, 0) is 36.5 Å². The molecule has 3 N–H and O–H groups in total. The molecule has 0 radical (unpaired) electrons. The van der Waals surface area contributed by atoms with E-state index in [1.54, 1.807) is 18.2 Å². The van der Waals surface area contributed by atoms with Crippen LogP contribution in [0.2, 0.25) is 0 Å². The number of piperidine rings is 2. The van der Waals surface area contributed by atoms with Crippen LogP contribution in [-0.4, -0.2) is 63.0 Å². The molecule has 3 aliphatic heterocycles. The van der Waals surface area contributed by atoms with Crippen LogP contribution in [-0.2, 0) is 21.7 Å². The first-order valence-corrected chi connectivity index (χ1v) is 9.27. The van der Waals surface area contributed by atoms with Crippen molar-refractivity contribution in [2.24, 2.45) is 0 Å². The zero-order valence-corrected chi connectivity index (χ0v) is 15.2. The smallest absolute Gasteiger partial charge is 0.407 e. The minimum absolute atomic E-state index is 0.196. The van der Waals surface area contributed by atoms with Gasteiger partial charge in [0.1, 0.15) is 6.04 Å². The Morgan fingerprint density at radius 1 is 1.18 bits per heavy atom. The van der Waals surface area contributed by atoms with Crippen LogP contribution in [0.1, 0.15) is 47.2 Å². The number of rotatable bonds is 2. The Labute approximate surface area is 160 Å². The lowest BCUT2D eigenvalue weighted by Gasteiger charge is -2.37. The molecule has 1 atom stereocenters. The van der Waals surface area contributed by atoms with Gasteiger partial charge in [-0.2, -0.15) is 0 Å². The maximum absolute atomic E-state index is 12.7. The summed E-state index contributed by atoms with van der Waals surface area (Å²) >= 11 is 0. The monoisotopic (exact) mass is 387 g/mol. The Balaban J connectivity index is 1.54. The van der Waals surface area contributed by atoms with Gasteiger partial charge in [-0.1, -0.05) is 12.1 Å². The first-order chi connectivity index (χ1) is 13.3. The standard InChI is InChI=1S/C19H21N3O6/c23-15-4-3-14(16(24)20-15)22-10-11-9-12(1-2-13(11)17(22)25)19(28)5-7-21(8-6-19)18(26)27/h1-2,9,14,28H,3-8,10H2,(H,26,27)(H,20,23,24). The molecule has 0 aliphatic carbocycles. The molecule has 2 fully saturated rings. The lowest BCUT2D eigenvalue weighted by Crippen LogP contribution is -2.52. The molecule has 3 aliphatic rings. The van der Waals surface area contributed by atoms with Crippen molar-refractivity contribution in [1.29, 1.82) is 0 Å². The first-order valence-electron chi connectivity index (χ1n) is 9.27. The van der Waals surface area contributed by atoms with Crippen molar-refractivity contribution in [3.05, 3.63) is 34.9 Å². The van der Waals surface area contributed by atoms with Crippen molar-refractivity contribution in [2.75, 3.05) is 13.1 Å². The van der Waals surface area contributed by atoms with Gasteiger partial charge in [0.05, 0.1) is 5.60 Å². The summed E-state index contributed by atoms with van der Waals surface area (Å²) in [6.07, 6.45) is 0.0565. The van der Waals surface area contributed by atoms with E-state index in [1.807, 2.05) is 0 Å². The highest BCUT2D eigenvalue weighted by Crippen LogP contribution is 2.36. The maximum Gasteiger partial charge on any atom is 0.407 e. The number of likely N-dealkylation sites (tertiary alicyclic amines) is 1. The van der Waals surface area contributed by atoms with Crippen LogP contribution in [0.3, 0.4) is 0 Å². The highest BCUT2D eigenvalue weighted by Gasteiger charge is 2.41. The summed E-state index contributed by atoms with van der Waals surface area (Å²) in [6, 6.07) is 4.44. The molecule has 0 saturated carbocycles. The molecule has 3 heterocycles. The average Bonchev–Trinajstić information content (AvgIpc) is 2.98. The number of carboxylic acid groups (broad SMARTS) is 1. The van der Waals surface area contributed by atoms with Crippen molar-refractivity contribution in [2.45, 2.75) is 43.9 Å². The van der Waals surface area contributed by atoms with E-state index in [2.05, 4.69) is 5.32 Å². The van der Waals surface area contributed by atoms with Gasteiger partial charge in [0.25, 0.3) is 5.91 Å². The van der Waals surface area contributed by atoms with Gasteiger partial charge in [-0.3, -0.25) is 19.7 Å². The zero-order valence-electron chi connectivity index (χ0n) is 15.2. The van der Waals surface area contributed by atoms with Crippen LogP contribution in [0.5, 0.6) is 0 Å². The Morgan fingerprint density at radius 3 is 2.54 bits per heavy atom. The second-order valence-electron chi connectivity index (χ2n) is 7.57. The molecule has 1 aromatic rings. The number of amides is 4. The van der Waals surface area contributed by atoms with E-state index in [0.29, 0.717) is 17.5 Å². The largest absolute Gasteiger partial charge is 0.465 e. The SMILES string of the molecule is O=C1CCC(N2Cc3cc(C4(O)CCN(C(=O)O)CC4)ccc3C2=O)C(=O)N1. The highest BCUT2D eigenvalue weighted by molar-refractivity contribution is 6.05. The molecule has 0 aromatic heterocycles. The van der Waals surface area contributed by atoms with E-state index in [9.17, 15) is 24.3 Å². The Morgan fingerprint density at radius 2 is 1.89 bits per heavy atom. The molecule has 0 bridgehead atoms. The van der Waals surface area contributed by atoms with Gasteiger partial charge in [0, 0.05) is 31.6 Å². The van der Waals surface area contributed by atoms with Crippen LogP contribution in [0.15, 0.2) is 18.2 Å². The van der Waals surface area contributed by atoms with Crippen molar-refractivity contribution in [3.63, 3.8) is 0 Å². The number of nitrogens with zero attached hydrogens (tertiary/aromatic N) is 2. The third kappa shape index (κ3) is 3.01. The van der Waals surface area contributed by atoms with E-state index in [-0.39, 0.29) is 50.7 Å². The summed E-state index contributed by atoms with van der Waals surface area (Å²) in [5, 5.41) is 22.4. The summed E-state index contributed by atoms with van der Waals surface area (Å²) in [5.74, 6) is -1.05. The topological polar surface area (TPSA) is 127 Å². The summed E-state index contributed by atoms with van der Waals surface area (Å²) in [6.45, 7) is 0.722. The van der Waals surface area contributed by atoms with Gasteiger partial charge in [0.2, 0.25) is 11.8 Å². The van der Waals surface area contributed by atoms with E-state index in [1.165, 1.54) is 9.80 Å². The number of fused-ring (bicyclic) bond motifs is 1. The Bertz CT molecular complexity index is 874. The summed E-state index contributed by atoms with van der Waals surface area (Å²) < 4.78 is 0. The molecule has 1 unspecified atom stereocenters. The molecular weight excluding hydrogens is 366 g/mol. The number of hydrogen-bond donors (Lipinski definition) is 3. The molecular formula is C19H21N3O6. The molecule has 28 heavy (non-hydrogen) atoms. The number of benzene rings is 1. The number of hydrogen-bond acceptors (Lipinski definition) is 5. The highest BCUT2D eigenvalue weighted by atomic mass is 16.4. The van der Waals surface area contributed by atoms with Crippen LogP contribution in [0.4, 0.5) is 4.79 Å². The zero-order chi connectivity index (χ0) is 20.1. The molecule has 9 heteroatoms. The predicted molar refractivity (Wildman–Crippen MR) is 95.2 cm³/mol. The lowest BCUT2D eigenvalue weighted by atomic mass is 9.83. The number of carbonyl (C=O) groups excluding carboxylic acids is 3. The maximum atomic E-state index is 12.7. The van der Waals surface area contributed by atoms with Crippen molar-refractivity contribution < 1.29 is 29.4 Å². The van der Waals surface area contributed by atoms with E-state index in [0.717, 1.165) is 5.56 Å². The Kier molecular flexibility index (Phi) is 4.34. The average molecular weight is 387 g/mol. The van der Waals surface area contributed by atoms with Crippen LogP contribution in [0.25, 0.3) is 0 Å². The van der Waals surface area contributed by atoms with Crippen LogP contribution >= 0.6 is 0 Å². The summed E-state index contributed by atoms with van der Waals surface area (Å²) in [5.41, 5.74) is 0.710. The van der Waals surface area contributed by atoms with Crippen LogP contribution < -0.4 is 5.32 Å². The molecule has 4 amide bonds. The number of imide groups is 1. The van der Waals surface area contributed by atoms with Gasteiger partial charge in [-0.25, -0.2) is 4.79 Å². The first kappa shape index (κ1) is 18.4. The molecule has 0 spiro atoms. The van der Waals surface area contributed by atoms with Crippen LogP contribution in [0, 0.1) is 0 Å². The van der Waals surface area contributed by atoms with Gasteiger partial charge in [0.15, 0.2) is 0 Å². The molecule has 4 rings (SSSR count). The second-order valence-corrected chi connectivity index (χ2v) is 7.57. The minimum Gasteiger partial charge on any atom is -0.465 e. The number of carbonyl (C=O) groups is 4. The van der Waals surface area contributed by atoms with Crippen molar-refractivity contribution in [1.82, 2.24) is 15.1 Å². The van der Waals surface area contributed by atoms with Gasteiger partial charge >= 0.3 is 6.09 Å². The molecule has 9 nitrogen and oxygen atoms in total. The van der Waals surface area contributed by atoms with E-state index >= 15 is 0 Å². The fraction of sp³-hybridized carbons (Fsp3) is 0.474. The second kappa shape index (κ2) is 6.59. The molecule has 1 aromatic carbocycles. The summed E-state index contributed by atoms with van der Waals surface area (Å²) in [4.78, 5) is 50.0. The predicted octanol–water partition coefficient (Wildman–Crippen LogP) is 0.409. The summed E-state index contributed by atoms with van der Waals surface area (Å²) in [7, 11) is 0. The van der Waals surface area contributed by atoms with E-state index < -0.39 is 23.6 Å². The quantitative estimate of drug-likeness (QED) is 0.631. The normalized spacial score (nSPS) is 24.2. The fourth-order valence-electron chi connectivity index (χ4n) is 4.22. The van der Waals surface area contributed by atoms with Gasteiger partial charge < -0.3 is 20.0 Å². The molecule has 148 valence electrons. The molecule has 2 saturated heterocycles. The Hall–Kier alpha value is -2.94. The third-order valence-corrected chi connectivity index (χ3v) is 5.92. The van der Waals surface area contributed by atoms with Gasteiger partial charge in [-0.15, -0.1) is 0 Å². The third-order valence-electron chi connectivity index (χ3n) is 5.92. The minimum atomic E-state index is -1.15. The van der Waals surface area contributed by atoms with Crippen molar-refractivity contribution in [3.8, 4) is 0 Å². The lowest BCUT2D eigenvalue weighted by molar-refractivity contribution is -0.136. The number of nitrogens with one attached hydrogen (secondary N) is 1.